The summed E-state index contributed by atoms with van der Waals surface area (Å²) in [6.07, 6.45) is 1.75. The predicted molar refractivity (Wildman–Crippen MR) is 142 cm³/mol. The van der Waals surface area contributed by atoms with Crippen LogP contribution in [0.25, 0.3) is 6.08 Å². The lowest BCUT2D eigenvalue weighted by Crippen LogP contribution is -2.28. The number of rotatable bonds is 8. The highest BCUT2D eigenvalue weighted by Gasteiger charge is 2.32. The smallest absolute Gasteiger partial charge is 0.266 e. The largest absolute Gasteiger partial charge is 0.497 e. The van der Waals surface area contributed by atoms with Gasteiger partial charge in [-0.05, 0) is 84.4 Å². The third kappa shape index (κ3) is 5.83. The second-order valence-corrected chi connectivity index (χ2v) is 9.12. The average Bonchev–Trinajstić information content (AvgIpc) is 3.16. The SMILES string of the molecule is CCN1C(=O)/C(=C\c2cc(Cl)c(OCc3cccc(F)c3)c(OC)c2)SC1=Nc1ccc(OC)cc1. The number of amides is 1. The molecule has 0 bridgehead atoms. The van der Waals surface area contributed by atoms with Crippen LogP contribution in [0.4, 0.5) is 10.1 Å². The Labute approximate surface area is 218 Å². The number of benzene rings is 3. The first-order chi connectivity index (χ1) is 17.4. The van der Waals surface area contributed by atoms with E-state index in [1.807, 2.05) is 31.2 Å². The summed E-state index contributed by atoms with van der Waals surface area (Å²) in [7, 11) is 3.11. The second kappa shape index (κ2) is 11.5. The molecule has 9 heteroatoms. The van der Waals surface area contributed by atoms with Gasteiger partial charge in [0.05, 0.1) is 29.8 Å². The average molecular weight is 527 g/mol. The maximum absolute atomic E-state index is 13.5. The lowest BCUT2D eigenvalue weighted by atomic mass is 10.1. The Balaban J connectivity index is 1.58. The van der Waals surface area contributed by atoms with Crippen molar-refractivity contribution in [2.24, 2.45) is 4.99 Å². The molecule has 3 aromatic carbocycles. The number of methoxy groups -OCH3 is 2. The molecule has 0 spiro atoms. The minimum atomic E-state index is -0.342. The first-order valence-corrected chi connectivity index (χ1v) is 12.3. The van der Waals surface area contributed by atoms with Crippen molar-refractivity contribution in [2.45, 2.75) is 13.5 Å². The number of halogens is 2. The van der Waals surface area contributed by atoms with Gasteiger partial charge < -0.3 is 14.2 Å². The Bertz CT molecular complexity index is 1330. The van der Waals surface area contributed by atoms with E-state index in [2.05, 4.69) is 4.99 Å². The van der Waals surface area contributed by atoms with Crippen molar-refractivity contribution in [3.63, 3.8) is 0 Å². The summed E-state index contributed by atoms with van der Waals surface area (Å²) in [5, 5.41) is 0.902. The molecule has 0 N–H and O–H groups in total. The van der Waals surface area contributed by atoms with Gasteiger partial charge in [0.25, 0.3) is 5.91 Å². The fourth-order valence-electron chi connectivity index (χ4n) is 3.53. The van der Waals surface area contributed by atoms with Crippen molar-refractivity contribution in [2.75, 3.05) is 20.8 Å². The molecule has 3 aromatic rings. The molecule has 1 aliphatic heterocycles. The van der Waals surface area contributed by atoms with E-state index in [9.17, 15) is 9.18 Å². The Morgan fingerprint density at radius 2 is 1.86 bits per heavy atom. The summed E-state index contributed by atoms with van der Waals surface area (Å²) >= 11 is 7.79. The van der Waals surface area contributed by atoms with Crippen LogP contribution in [0.1, 0.15) is 18.1 Å². The Morgan fingerprint density at radius 1 is 1.08 bits per heavy atom. The molecule has 6 nitrogen and oxygen atoms in total. The van der Waals surface area contributed by atoms with Gasteiger partial charge in [0.2, 0.25) is 0 Å². The zero-order chi connectivity index (χ0) is 25.7. The van der Waals surface area contributed by atoms with Gasteiger partial charge in [-0.15, -0.1) is 0 Å². The number of carbonyl (C=O) groups excluding carboxylic acids is 1. The molecule has 1 heterocycles. The van der Waals surface area contributed by atoms with E-state index in [-0.39, 0.29) is 18.3 Å². The lowest BCUT2D eigenvalue weighted by Gasteiger charge is -2.14. The first-order valence-electron chi connectivity index (χ1n) is 11.1. The molecule has 1 aliphatic rings. The van der Waals surface area contributed by atoms with Crippen molar-refractivity contribution in [3.05, 3.63) is 87.5 Å². The van der Waals surface area contributed by atoms with Gasteiger partial charge in [-0.3, -0.25) is 9.69 Å². The molecule has 0 atom stereocenters. The van der Waals surface area contributed by atoms with Crippen LogP contribution in [0.2, 0.25) is 5.02 Å². The zero-order valence-corrected chi connectivity index (χ0v) is 21.5. The molecular formula is C27H24ClFN2O4S. The van der Waals surface area contributed by atoms with Gasteiger partial charge >= 0.3 is 0 Å². The van der Waals surface area contributed by atoms with E-state index in [1.165, 1.54) is 31.0 Å². The quantitative estimate of drug-likeness (QED) is 0.306. The number of ether oxygens (including phenoxy) is 3. The lowest BCUT2D eigenvalue weighted by molar-refractivity contribution is -0.122. The molecule has 0 unspecified atom stereocenters. The number of likely N-dealkylation sites (N-methyl/N-ethyl adjacent to an activating group) is 1. The summed E-state index contributed by atoms with van der Waals surface area (Å²) in [5.41, 5.74) is 2.05. The minimum Gasteiger partial charge on any atom is -0.497 e. The standard InChI is InChI=1S/C27H24ClFN2O4S/c1-4-31-26(32)24(36-27(31)30-20-8-10-21(33-2)11-9-20)15-18-13-22(28)25(23(14-18)34-3)35-16-17-6-5-7-19(29)12-17/h5-15H,4,16H2,1-3H3/b24-15+,30-27?. The normalized spacial score (nSPS) is 15.6. The summed E-state index contributed by atoms with van der Waals surface area (Å²) in [5.74, 6) is 0.993. The number of carbonyl (C=O) groups is 1. The van der Waals surface area contributed by atoms with Crippen LogP contribution in [-0.2, 0) is 11.4 Å². The van der Waals surface area contributed by atoms with Crippen molar-refractivity contribution < 1.29 is 23.4 Å². The van der Waals surface area contributed by atoms with Crippen LogP contribution < -0.4 is 14.2 Å². The van der Waals surface area contributed by atoms with Gasteiger partial charge in [-0.1, -0.05) is 23.7 Å². The highest BCUT2D eigenvalue weighted by molar-refractivity contribution is 8.18. The summed E-state index contributed by atoms with van der Waals surface area (Å²) in [6, 6.07) is 16.9. The number of hydrogen-bond acceptors (Lipinski definition) is 6. The summed E-state index contributed by atoms with van der Waals surface area (Å²) < 4.78 is 30.0. The third-order valence-corrected chi connectivity index (χ3v) is 6.61. The van der Waals surface area contributed by atoms with Crippen LogP contribution in [0.15, 0.2) is 70.6 Å². The first kappa shape index (κ1) is 25.6. The molecule has 0 saturated carbocycles. The van der Waals surface area contributed by atoms with Gasteiger partial charge in [0.15, 0.2) is 16.7 Å². The molecule has 4 rings (SSSR count). The molecule has 0 radical (unpaired) electrons. The topological polar surface area (TPSA) is 60.4 Å². The third-order valence-electron chi connectivity index (χ3n) is 5.32. The maximum Gasteiger partial charge on any atom is 0.266 e. The minimum absolute atomic E-state index is 0.124. The molecule has 186 valence electrons. The fraction of sp³-hybridized carbons (Fsp3) is 0.185. The second-order valence-electron chi connectivity index (χ2n) is 7.71. The molecular weight excluding hydrogens is 503 g/mol. The number of hydrogen-bond donors (Lipinski definition) is 0. The molecule has 0 aromatic heterocycles. The monoisotopic (exact) mass is 526 g/mol. The molecule has 0 aliphatic carbocycles. The Hall–Kier alpha value is -3.49. The van der Waals surface area contributed by atoms with Crippen LogP contribution in [0, 0.1) is 5.82 Å². The van der Waals surface area contributed by atoms with E-state index in [4.69, 9.17) is 25.8 Å². The van der Waals surface area contributed by atoms with Gasteiger partial charge in [-0.25, -0.2) is 9.38 Å². The van der Waals surface area contributed by atoms with Crippen molar-refractivity contribution in [1.82, 2.24) is 4.90 Å². The van der Waals surface area contributed by atoms with Crippen molar-refractivity contribution in [1.29, 1.82) is 0 Å². The molecule has 1 saturated heterocycles. The van der Waals surface area contributed by atoms with E-state index < -0.39 is 0 Å². The highest BCUT2D eigenvalue weighted by Crippen LogP contribution is 2.39. The number of thioether (sulfide) groups is 1. The van der Waals surface area contributed by atoms with Crippen LogP contribution in [-0.4, -0.2) is 36.7 Å². The summed E-state index contributed by atoms with van der Waals surface area (Å²) in [4.78, 5) is 19.8. The van der Waals surface area contributed by atoms with Gasteiger partial charge in [0, 0.05) is 6.54 Å². The van der Waals surface area contributed by atoms with Crippen molar-refractivity contribution in [3.8, 4) is 17.2 Å². The maximum atomic E-state index is 13.5. The molecule has 1 fully saturated rings. The van der Waals surface area contributed by atoms with Gasteiger partial charge in [0.1, 0.15) is 18.2 Å². The van der Waals surface area contributed by atoms with Crippen LogP contribution >= 0.6 is 23.4 Å². The van der Waals surface area contributed by atoms with E-state index in [1.54, 1.807) is 42.4 Å². The molecule has 1 amide bonds. The fourth-order valence-corrected chi connectivity index (χ4v) is 4.87. The number of amidine groups is 1. The van der Waals surface area contributed by atoms with Crippen LogP contribution in [0.3, 0.4) is 0 Å². The van der Waals surface area contributed by atoms with Gasteiger partial charge in [-0.2, -0.15) is 0 Å². The van der Waals surface area contributed by atoms with Crippen molar-refractivity contribution >= 4 is 46.2 Å². The Kier molecular flexibility index (Phi) is 8.18. The predicted octanol–water partition coefficient (Wildman–Crippen LogP) is 6.70. The summed E-state index contributed by atoms with van der Waals surface area (Å²) in [6.45, 7) is 2.50. The number of aliphatic imine (C=N–C) groups is 1. The Morgan fingerprint density at radius 3 is 2.53 bits per heavy atom. The van der Waals surface area contributed by atoms with E-state index >= 15 is 0 Å². The van der Waals surface area contributed by atoms with Crippen LogP contribution in [0.5, 0.6) is 17.2 Å². The highest BCUT2D eigenvalue weighted by atomic mass is 35.5. The molecule has 36 heavy (non-hydrogen) atoms. The van der Waals surface area contributed by atoms with E-state index in [0.29, 0.717) is 44.3 Å². The van der Waals surface area contributed by atoms with E-state index in [0.717, 1.165) is 11.4 Å². The zero-order valence-electron chi connectivity index (χ0n) is 20.0. The number of nitrogens with zero attached hydrogens (tertiary/aromatic N) is 2.